The fraction of sp³-hybridized carbons (Fsp3) is 0.375. The van der Waals surface area contributed by atoms with E-state index in [2.05, 4.69) is 43.9 Å². The van der Waals surface area contributed by atoms with Crippen LogP contribution < -0.4 is 5.01 Å². The summed E-state index contributed by atoms with van der Waals surface area (Å²) in [6.07, 6.45) is 8.78. The maximum absolute atomic E-state index is 4.53. The molecule has 1 aliphatic rings. The summed E-state index contributed by atoms with van der Waals surface area (Å²) in [5.41, 5.74) is 2.27. The van der Waals surface area contributed by atoms with Crippen molar-refractivity contribution in [1.82, 2.24) is 14.6 Å². The van der Waals surface area contributed by atoms with E-state index in [4.69, 9.17) is 0 Å². The standard InChI is InChI=1S/C16H18N4/c1-2-6-10-19(9-5-1)20-15-8-4-3-7-13(15)14-11-17-12-18-16(14)20/h3-4,7-8,11-12H,1-2,5-6,9-10H2. The molecule has 0 radical (unpaired) electrons. The van der Waals surface area contributed by atoms with Crippen LogP contribution in [0.15, 0.2) is 36.8 Å². The molecule has 1 aliphatic heterocycles. The van der Waals surface area contributed by atoms with Crippen molar-refractivity contribution >= 4 is 21.9 Å². The quantitative estimate of drug-likeness (QED) is 0.678. The van der Waals surface area contributed by atoms with E-state index in [1.807, 2.05) is 6.20 Å². The summed E-state index contributed by atoms with van der Waals surface area (Å²) in [5, 5.41) is 4.84. The minimum atomic E-state index is 1.03. The molecule has 4 rings (SSSR count). The summed E-state index contributed by atoms with van der Waals surface area (Å²) in [7, 11) is 0. The van der Waals surface area contributed by atoms with Gasteiger partial charge < -0.3 is 5.01 Å². The van der Waals surface area contributed by atoms with Gasteiger partial charge in [-0.15, -0.1) is 0 Å². The molecule has 0 spiro atoms. The van der Waals surface area contributed by atoms with Gasteiger partial charge in [-0.3, -0.25) is 0 Å². The molecule has 1 fully saturated rings. The zero-order chi connectivity index (χ0) is 13.4. The average molecular weight is 266 g/mol. The van der Waals surface area contributed by atoms with Crippen LogP contribution in [-0.4, -0.2) is 27.7 Å². The number of benzene rings is 1. The highest BCUT2D eigenvalue weighted by Gasteiger charge is 2.17. The Balaban J connectivity index is 1.99. The van der Waals surface area contributed by atoms with Gasteiger partial charge in [-0.25, -0.2) is 14.6 Å². The summed E-state index contributed by atoms with van der Waals surface area (Å²) in [6.45, 7) is 2.22. The lowest BCUT2D eigenvalue weighted by Gasteiger charge is -2.25. The van der Waals surface area contributed by atoms with Crippen LogP contribution in [0.25, 0.3) is 21.9 Å². The largest absolute Gasteiger partial charge is 0.311 e. The monoisotopic (exact) mass is 266 g/mol. The molecule has 0 bridgehead atoms. The van der Waals surface area contributed by atoms with Gasteiger partial charge in [0.1, 0.15) is 6.33 Å². The summed E-state index contributed by atoms with van der Waals surface area (Å²) in [5.74, 6) is 0. The smallest absolute Gasteiger partial charge is 0.163 e. The second-order valence-electron chi connectivity index (χ2n) is 5.46. The molecule has 4 nitrogen and oxygen atoms in total. The first-order valence-corrected chi connectivity index (χ1v) is 7.39. The van der Waals surface area contributed by atoms with Crippen LogP contribution in [0.4, 0.5) is 0 Å². The van der Waals surface area contributed by atoms with Crippen molar-refractivity contribution in [3.8, 4) is 0 Å². The van der Waals surface area contributed by atoms with Crippen molar-refractivity contribution in [2.45, 2.75) is 25.7 Å². The first kappa shape index (κ1) is 11.7. The summed E-state index contributed by atoms with van der Waals surface area (Å²) in [6, 6.07) is 8.53. The molecule has 20 heavy (non-hydrogen) atoms. The minimum Gasteiger partial charge on any atom is -0.311 e. The van der Waals surface area contributed by atoms with Crippen LogP contribution in [0.3, 0.4) is 0 Å². The Labute approximate surface area is 118 Å². The Bertz CT molecular complexity index is 685. The van der Waals surface area contributed by atoms with E-state index in [0.29, 0.717) is 0 Å². The van der Waals surface area contributed by atoms with Crippen LogP contribution in [0.5, 0.6) is 0 Å². The molecule has 0 unspecified atom stereocenters. The molecule has 0 N–H and O–H groups in total. The lowest BCUT2D eigenvalue weighted by Crippen LogP contribution is -2.35. The number of rotatable bonds is 1. The van der Waals surface area contributed by atoms with Crippen molar-refractivity contribution in [3.63, 3.8) is 0 Å². The summed E-state index contributed by atoms with van der Waals surface area (Å²) < 4.78 is 2.30. The maximum Gasteiger partial charge on any atom is 0.163 e. The van der Waals surface area contributed by atoms with Gasteiger partial charge in [0, 0.05) is 30.1 Å². The highest BCUT2D eigenvalue weighted by atomic mass is 15.6. The first-order chi connectivity index (χ1) is 9.95. The number of para-hydroxylation sites is 1. The van der Waals surface area contributed by atoms with Crippen LogP contribution in [0.2, 0.25) is 0 Å². The van der Waals surface area contributed by atoms with Crippen LogP contribution in [0, 0.1) is 0 Å². The molecule has 1 aromatic carbocycles. The molecule has 1 saturated heterocycles. The second kappa shape index (κ2) is 4.78. The third-order valence-electron chi connectivity index (χ3n) is 4.18. The van der Waals surface area contributed by atoms with Gasteiger partial charge in [0.25, 0.3) is 0 Å². The van der Waals surface area contributed by atoms with E-state index in [1.165, 1.54) is 36.6 Å². The molecule has 0 saturated carbocycles. The Kier molecular flexibility index (Phi) is 2.80. The van der Waals surface area contributed by atoms with Crippen molar-refractivity contribution in [2.24, 2.45) is 0 Å². The first-order valence-electron chi connectivity index (χ1n) is 7.39. The molecular formula is C16H18N4. The highest BCUT2D eigenvalue weighted by Crippen LogP contribution is 2.27. The Morgan fingerprint density at radius 1 is 0.900 bits per heavy atom. The molecule has 0 aliphatic carbocycles. The zero-order valence-electron chi connectivity index (χ0n) is 11.5. The zero-order valence-corrected chi connectivity index (χ0v) is 11.5. The highest BCUT2D eigenvalue weighted by molar-refractivity contribution is 6.06. The Morgan fingerprint density at radius 2 is 1.70 bits per heavy atom. The van der Waals surface area contributed by atoms with E-state index in [-0.39, 0.29) is 0 Å². The topological polar surface area (TPSA) is 34.0 Å². The predicted octanol–water partition coefficient (Wildman–Crippen LogP) is 3.10. The number of fused-ring (bicyclic) bond motifs is 3. The second-order valence-corrected chi connectivity index (χ2v) is 5.46. The van der Waals surface area contributed by atoms with Crippen molar-refractivity contribution in [1.29, 1.82) is 0 Å². The molecule has 4 heteroatoms. The van der Waals surface area contributed by atoms with E-state index in [9.17, 15) is 0 Å². The fourth-order valence-electron chi connectivity index (χ4n) is 3.22. The third kappa shape index (κ3) is 1.75. The van der Waals surface area contributed by atoms with Gasteiger partial charge in [-0.05, 0) is 18.9 Å². The molecule has 3 aromatic rings. The average Bonchev–Trinajstić information content (AvgIpc) is 2.65. The van der Waals surface area contributed by atoms with Crippen molar-refractivity contribution in [3.05, 3.63) is 36.8 Å². The van der Waals surface area contributed by atoms with Crippen LogP contribution in [0.1, 0.15) is 25.7 Å². The van der Waals surface area contributed by atoms with Gasteiger partial charge in [0.05, 0.1) is 5.52 Å². The Morgan fingerprint density at radius 3 is 2.55 bits per heavy atom. The molecule has 3 heterocycles. The molecule has 2 aromatic heterocycles. The molecule has 0 atom stereocenters. The van der Waals surface area contributed by atoms with E-state index in [0.717, 1.165) is 24.1 Å². The van der Waals surface area contributed by atoms with Crippen LogP contribution >= 0.6 is 0 Å². The van der Waals surface area contributed by atoms with Gasteiger partial charge in [0.15, 0.2) is 5.65 Å². The van der Waals surface area contributed by atoms with Gasteiger partial charge in [-0.2, -0.15) is 0 Å². The number of aromatic nitrogens is 3. The number of hydrogen-bond donors (Lipinski definition) is 0. The maximum atomic E-state index is 4.53. The lowest BCUT2D eigenvalue weighted by atomic mass is 10.2. The minimum absolute atomic E-state index is 1.03. The van der Waals surface area contributed by atoms with E-state index >= 15 is 0 Å². The van der Waals surface area contributed by atoms with Gasteiger partial charge in [0.2, 0.25) is 0 Å². The normalized spacial score (nSPS) is 16.7. The van der Waals surface area contributed by atoms with Crippen LogP contribution in [-0.2, 0) is 0 Å². The van der Waals surface area contributed by atoms with Crippen molar-refractivity contribution < 1.29 is 0 Å². The summed E-state index contributed by atoms with van der Waals surface area (Å²) >= 11 is 0. The van der Waals surface area contributed by atoms with E-state index < -0.39 is 0 Å². The SMILES string of the molecule is c1ccc2c(c1)c1cncnc1n2N1CCCCCC1. The van der Waals surface area contributed by atoms with Crippen molar-refractivity contribution in [2.75, 3.05) is 18.1 Å². The summed E-state index contributed by atoms with van der Waals surface area (Å²) in [4.78, 5) is 8.73. The predicted molar refractivity (Wildman–Crippen MR) is 81.5 cm³/mol. The number of hydrogen-bond acceptors (Lipinski definition) is 3. The molecular weight excluding hydrogens is 248 g/mol. The Hall–Kier alpha value is -2.10. The third-order valence-corrected chi connectivity index (χ3v) is 4.18. The van der Waals surface area contributed by atoms with Gasteiger partial charge >= 0.3 is 0 Å². The molecule has 102 valence electrons. The lowest BCUT2D eigenvalue weighted by molar-refractivity contribution is 0.617. The van der Waals surface area contributed by atoms with Gasteiger partial charge in [-0.1, -0.05) is 31.0 Å². The fourth-order valence-corrected chi connectivity index (χ4v) is 3.22. The van der Waals surface area contributed by atoms with E-state index in [1.54, 1.807) is 6.33 Å². The molecule has 0 amide bonds. The number of nitrogens with zero attached hydrogens (tertiary/aromatic N) is 4.